The molecule has 23 heavy (non-hydrogen) atoms. The summed E-state index contributed by atoms with van der Waals surface area (Å²) in [7, 11) is 1.58. The van der Waals surface area contributed by atoms with Gasteiger partial charge in [0.05, 0.1) is 37.5 Å². The summed E-state index contributed by atoms with van der Waals surface area (Å²) in [5.74, 6) is 0.388. The van der Waals surface area contributed by atoms with Crippen LogP contribution in [0.3, 0.4) is 0 Å². The molecule has 2 heterocycles. The minimum absolute atomic E-state index is 0.0664. The summed E-state index contributed by atoms with van der Waals surface area (Å²) in [4.78, 5) is 28.5. The average molecular weight is 318 g/mol. The Balaban J connectivity index is 1.79. The number of nitrogens with zero attached hydrogens (tertiary/aromatic N) is 2. The Kier molecular flexibility index (Phi) is 4.37. The molecule has 0 aromatic heterocycles. The molecular weight excluding hydrogens is 296 g/mol. The first kappa shape index (κ1) is 16.0. The molecule has 0 N–H and O–H groups in total. The average Bonchev–Trinajstić information content (AvgIpc) is 2.81. The van der Waals surface area contributed by atoms with Gasteiger partial charge in [0.15, 0.2) is 0 Å². The van der Waals surface area contributed by atoms with Crippen LogP contribution in [0.25, 0.3) is 0 Å². The van der Waals surface area contributed by atoms with Crippen LogP contribution in [-0.2, 0) is 14.3 Å². The van der Waals surface area contributed by atoms with Gasteiger partial charge >= 0.3 is 0 Å². The molecule has 0 aliphatic carbocycles. The number of rotatable bonds is 3. The minimum Gasteiger partial charge on any atom is -0.497 e. The number of hydrogen-bond donors (Lipinski definition) is 0. The molecule has 0 spiro atoms. The van der Waals surface area contributed by atoms with Crippen LogP contribution in [0, 0.1) is 0 Å². The van der Waals surface area contributed by atoms with Gasteiger partial charge in [0.1, 0.15) is 5.75 Å². The van der Waals surface area contributed by atoms with Crippen molar-refractivity contribution in [2.75, 3.05) is 25.1 Å². The second-order valence-corrected chi connectivity index (χ2v) is 6.20. The van der Waals surface area contributed by atoms with E-state index in [0.717, 1.165) is 0 Å². The Bertz CT molecular complexity index is 591. The van der Waals surface area contributed by atoms with E-state index < -0.39 is 6.04 Å². The van der Waals surface area contributed by atoms with E-state index in [9.17, 15) is 9.59 Å². The van der Waals surface area contributed by atoms with E-state index in [1.165, 1.54) is 4.90 Å². The molecule has 1 aromatic rings. The van der Waals surface area contributed by atoms with Gasteiger partial charge in [-0.15, -0.1) is 0 Å². The minimum atomic E-state index is -0.390. The number of carbonyl (C=O) groups is 2. The van der Waals surface area contributed by atoms with Crippen molar-refractivity contribution < 1.29 is 19.1 Å². The van der Waals surface area contributed by atoms with Gasteiger partial charge in [0, 0.05) is 13.1 Å². The fourth-order valence-electron chi connectivity index (χ4n) is 3.38. The maximum absolute atomic E-state index is 12.8. The summed E-state index contributed by atoms with van der Waals surface area (Å²) in [6.45, 7) is 5.32. The van der Waals surface area contributed by atoms with Gasteiger partial charge in [-0.2, -0.15) is 0 Å². The highest BCUT2D eigenvalue weighted by Crippen LogP contribution is 2.28. The molecule has 1 aromatic carbocycles. The number of amides is 2. The molecule has 3 rings (SSSR count). The highest BCUT2D eigenvalue weighted by atomic mass is 16.5. The molecule has 0 radical (unpaired) electrons. The number of methoxy groups -OCH3 is 1. The molecule has 124 valence electrons. The van der Waals surface area contributed by atoms with Crippen LogP contribution >= 0.6 is 0 Å². The van der Waals surface area contributed by atoms with Crippen molar-refractivity contribution in [1.82, 2.24) is 4.90 Å². The first-order valence-electron chi connectivity index (χ1n) is 7.90. The predicted octanol–water partition coefficient (Wildman–Crippen LogP) is 1.44. The van der Waals surface area contributed by atoms with Crippen LogP contribution < -0.4 is 9.64 Å². The monoisotopic (exact) mass is 318 g/mol. The number of benzene rings is 1. The summed E-state index contributed by atoms with van der Waals surface area (Å²) < 4.78 is 10.8. The quantitative estimate of drug-likeness (QED) is 0.789. The van der Waals surface area contributed by atoms with Gasteiger partial charge in [0.2, 0.25) is 5.91 Å². The van der Waals surface area contributed by atoms with E-state index in [1.807, 2.05) is 13.8 Å². The first-order chi connectivity index (χ1) is 11.0. The fourth-order valence-corrected chi connectivity index (χ4v) is 3.38. The largest absolute Gasteiger partial charge is 0.497 e. The zero-order valence-electron chi connectivity index (χ0n) is 13.7. The smallest absolute Gasteiger partial charge is 0.251 e. The van der Waals surface area contributed by atoms with E-state index >= 15 is 0 Å². The Labute approximate surface area is 136 Å². The number of imide groups is 1. The van der Waals surface area contributed by atoms with Crippen molar-refractivity contribution in [3.8, 4) is 5.75 Å². The van der Waals surface area contributed by atoms with Gasteiger partial charge in [-0.3, -0.25) is 14.5 Å². The molecule has 0 bridgehead atoms. The van der Waals surface area contributed by atoms with E-state index in [4.69, 9.17) is 9.47 Å². The maximum atomic E-state index is 12.8. The Morgan fingerprint density at radius 3 is 2.26 bits per heavy atom. The summed E-state index contributed by atoms with van der Waals surface area (Å²) in [6.07, 6.45) is 0.359. The molecule has 6 nitrogen and oxygen atoms in total. The van der Waals surface area contributed by atoms with Crippen molar-refractivity contribution in [3.05, 3.63) is 24.3 Å². The molecule has 0 unspecified atom stereocenters. The van der Waals surface area contributed by atoms with Crippen LogP contribution in [0.2, 0.25) is 0 Å². The second-order valence-electron chi connectivity index (χ2n) is 6.20. The third-order valence-electron chi connectivity index (χ3n) is 4.34. The van der Waals surface area contributed by atoms with Crippen molar-refractivity contribution in [3.63, 3.8) is 0 Å². The lowest BCUT2D eigenvalue weighted by molar-refractivity contribution is -0.127. The summed E-state index contributed by atoms with van der Waals surface area (Å²) in [5.41, 5.74) is 0.595. The van der Waals surface area contributed by atoms with Gasteiger partial charge in [-0.25, -0.2) is 4.90 Å². The topological polar surface area (TPSA) is 59.1 Å². The van der Waals surface area contributed by atoms with Crippen molar-refractivity contribution in [1.29, 1.82) is 0 Å². The van der Waals surface area contributed by atoms with Gasteiger partial charge in [-0.05, 0) is 38.1 Å². The number of morpholine rings is 1. The molecule has 2 amide bonds. The Morgan fingerprint density at radius 1 is 1.09 bits per heavy atom. The number of hydrogen-bond acceptors (Lipinski definition) is 5. The van der Waals surface area contributed by atoms with E-state index in [1.54, 1.807) is 31.4 Å². The van der Waals surface area contributed by atoms with Crippen molar-refractivity contribution in [2.45, 2.75) is 38.5 Å². The zero-order chi connectivity index (χ0) is 16.6. The molecule has 6 heteroatoms. The molecule has 2 saturated heterocycles. The third-order valence-corrected chi connectivity index (χ3v) is 4.34. The van der Waals surface area contributed by atoms with Gasteiger partial charge < -0.3 is 9.47 Å². The lowest BCUT2D eigenvalue weighted by Gasteiger charge is -2.37. The van der Waals surface area contributed by atoms with E-state index in [-0.39, 0.29) is 30.4 Å². The SMILES string of the molecule is COc1ccc(N2C(=O)C[C@@H](N3C[C@@H](C)O[C@H](C)C3)C2=O)cc1. The molecule has 3 atom stereocenters. The molecule has 2 aliphatic heterocycles. The predicted molar refractivity (Wildman–Crippen MR) is 85.5 cm³/mol. The van der Waals surface area contributed by atoms with E-state index in [2.05, 4.69) is 4.90 Å². The van der Waals surface area contributed by atoms with Gasteiger partial charge in [0.25, 0.3) is 5.91 Å². The lowest BCUT2D eigenvalue weighted by Crippen LogP contribution is -2.52. The highest BCUT2D eigenvalue weighted by molar-refractivity contribution is 6.22. The van der Waals surface area contributed by atoms with Crippen LogP contribution in [-0.4, -0.2) is 55.2 Å². The first-order valence-corrected chi connectivity index (χ1v) is 7.90. The number of carbonyl (C=O) groups excluding carboxylic acids is 2. The van der Waals surface area contributed by atoms with Crippen LogP contribution in [0.1, 0.15) is 20.3 Å². The van der Waals surface area contributed by atoms with Crippen molar-refractivity contribution >= 4 is 17.5 Å². The third kappa shape index (κ3) is 3.09. The van der Waals surface area contributed by atoms with Gasteiger partial charge in [-0.1, -0.05) is 0 Å². The zero-order valence-corrected chi connectivity index (χ0v) is 13.7. The lowest BCUT2D eigenvalue weighted by atomic mass is 10.1. The molecular formula is C17H22N2O4. The van der Waals surface area contributed by atoms with Crippen LogP contribution in [0.15, 0.2) is 24.3 Å². The van der Waals surface area contributed by atoms with E-state index in [0.29, 0.717) is 24.5 Å². The normalized spacial score (nSPS) is 29.2. The van der Waals surface area contributed by atoms with Crippen LogP contribution in [0.4, 0.5) is 5.69 Å². The maximum Gasteiger partial charge on any atom is 0.251 e. The summed E-state index contributed by atoms with van der Waals surface area (Å²) in [6, 6.07) is 6.59. The van der Waals surface area contributed by atoms with Crippen molar-refractivity contribution in [2.24, 2.45) is 0 Å². The summed E-state index contributed by atoms with van der Waals surface area (Å²) >= 11 is 0. The molecule has 2 fully saturated rings. The fraction of sp³-hybridized carbons (Fsp3) is 0.529. The molecule has 2 aliphatic rings. The standard InChI is InChI=1S/C17H22N2O4/c1-11-9-18(10-12(2)23-11)15-8-16(20)19(17(15)21)13-4-6-14(22-3)7-5-13/h4-7,11-12,15H,8-10H2,1-3H3/t11-,12-,15-/m1/s1. The highest BCUT2D eigenvalue weighted by Gasteiger charge is 2.44. The molecule has 0 saturated carbocycles. The second kappa shape index (κ2) is 6.29. The van der Waals surface area contributed by atoms with Crippen LogP contribution in [0.5, 0.6) is 5.75 Å². The summed E-state index contributed by atoms with van der Waals surface area (Å²) in [5, 5.41) is 0. The Morgan fingerprint density at radius 2 is 1.70 bits per heavy atom. The number of ether oxygens (including phenoxy) is 2. The Hall–Kier alpha value is -1.92. The number of anilines is 1.